The average Bonchev–Trinajstić information content (AvgIpc) is 3.66. The van der Waals surface area contributed by atoms with Crippen molar-refractivity contribution in [2.75, 3.05) is 23.3 Å². The van der Waals surface area contributed by atoms with Crippen molar-refractivity contribution in [2.24, 2.45) is 11.8 Å². The summed E-state index contributed by atoms with van der Waals surface area (Å²) >= 11 is 0. The Hall–Kier alpha value is -3.04. The molecule has 0 aromatic heterocycles. The molecule has 2 fully saturated rings. The van der Waals surface area contributed by atoms with Gasteiger partial charge in [0.2, 0.25) is 21.8 Å². The van der Waals surface area contributed by atoms with Crippen LogP contribution in [-0.2, 0) is 26.0 Å². The average molecular weight is 510 g/mol. The van der Waals surface area contributed by atoms with Crippen molar-refractivity contribution in [3.8, 4) is 0 Å². The van der Waals surface area contributed by atoms with Crippen molar-refractivity contribution in [3.05, 3.63) is 53.6 Å². The number of nitrogens with zero attached hydrogens (tertiary/aromatic N) is 2. The first-order chi connectivity index (χ1) is 17.1. The molecule has 2 amide bonds. The molecule has 2 aromatic rings. The van der Waals surface area contributed by atoms with Gasteiger partial charge in [-0.15, -0.1) is 0 Å². The van der Waals surface area contributed by atoms with Crippen LogP contribution < -0.4 is 10.2 Å². The topological polar surface area (TPSA) is 104 Å². The molecular weight excluding hydrogens is 478 g/mol. The van der Waals surface area contributed by atoms with Crippen LogP contribution in [0.4, 0.5) is 11.4 Å². The summed E-state index contributed by atoms with van der Waals surface area (Å²) in [4.78, 5) is 38.9. The van der Waals surface area contributed by atoms with Gasteiger partial charge in [0, 0.05) is 47.9 Å². The fourth-order valence-corrected chi connectivity index (χ4v) is 6.69. The second-order valence-electron chi connectivity index (χ2n) is 10.1. The Morgan fingerprint density at radius 3 is 2.19 bits per heavy atom. The molecule has 3 aliphatic rings. The van der Waals surface area contributed by atoms with Crippen molar-refractivity contribution in [1.29, 1.82) is 0 Å². The van der Waals surface area contributed by atoms with Crippen LogP contribution in [0, 0.1) is 11.8 Å². The van der Waals surface area contributed by atoms with E-state index in [4.69, 9.17) is 0 Å². The van der Waals surface area contributed by atoms with Gasteiger partial charge < -0.3 is 10.2 Å². The fourth-order valence-electron chi connectivity index (χ4n) is 5.17. The second kappa shape index (κ2) is 9.44. The van der Waals surface area contributed by atoms with Crippen molar-refractivity contribution in [3.63, 3.8) is 0 Å². The van der Waals surface area contributed by atoms with Crippen LogP contribution in [0.15, 0.2) is 47.4 Å². The highest BCUT2D eigenvalue weighted by atomic mass is 32.2. The van der Waals surface area contributed by atoms with Gasteiger partial charge in [-0.3, -0.25) is 14.4 Å². The molecule has 2 aliphatic heterocycles. The van der Waals surface area contributed by atoms with Crippen LogP contribution in [0.1, 0.15) is 55.5 Å². The molecule has 0 unspecified atom stereocenters. The quantitative estimate of drug-likeness (QED) is 0.599. The minimum Gasteiger partial charge on any atom is -0.326 e. The highest BCUT2D eigenvalue weighted by Crippen LogP contribution is 2.40. The van der Waals surface area contributed by atoms with E-state index >= 15 is 0 Å². The summed E-state index contributed by atoms with van der Waals surface area (Å²) in [6.07, 6.45) is 3.38. The minimum absolute atomic E-state index is 0.0268. The first-order valence-corrected chi connectivity index (χ1v) is 14.0. The fraction of sp³-hybridized carbons (Fsp3) is 0.444. The molecule has 9 heteroatoms. The number of Topliss-reactive ketones (excluding diaryl/α,β-unsaturated/α-hetero) is 1. The lowest BCUT2D eigenvalue weighted by molar-refractivity contribution is -0.121. The first kappa shape index (κ1) is 24.6. The highest BCUT2D eigenvalue weighted by Gasteiger charge is 2.40. The normalized spacial score (nSPS) is 20.7. The number of ketones is 1. The molecule has 1 N–H and O–H groups in total. The van der Waals surface area contributed by atoms with Crippen LogP contribution >= 0.6 is 0 Å². The van der Waals surface area contributed by atoms with E-state index in [0.29, 0.717) is 30.5 Å². The molecule has 8 nitrogen and oxygen atoms in total. The van der Waals surface area contributed by atoms with Crippen LogP contribution in [0.25, 0.3) is 0 Å². The number of hydrogen-bond donors (Lipinski definition) is 1. The lowest BCUT2D eigenvalue weighted by Gasteiger charge is -2.30. The number of benzene rings is 2. The molecule has 36 heavy (non-hydrogen) atoms. The molecule has 0 spiro atoms. The van der Waals surface area contributed by atoms with E-state index in [1.807, 2.05) is 11.8 Å². The van der Waals surface area contributed by atoms with Crippen molar-refractivity contribution < 1.29 is 22.8 Å². The predicted octanol–water partition coefficient (Wildman–Crippen LogP) is 3.62. The number of piperidine rings is 1. The van der Waals surface area contributed by atoms with Gasteiger partial charge in [-0.05, 0) is 94.0 Å². The maximum Gasteiger partial charge on any atom is 0.243 e. The van der Waals surface area contributed by atoms with Gasteiger partial charge in [-0.25, -0.2) is 8.42 Å². The summed E-state index contributed by atoms with van der Waals surface area (Å²) in [5, 5.41) is 2.87. The second-order valence-corrected chi connectivity index (χ2v) is 12.1. The molecule has 2 heterocycles. The van der Waals surface area contributed by atoms with Crippen LogP contribution in [-0.4, -0.2) is 49.5 Å². The van der Waals surface area contributed by atoms with Gasteiger partial charge in [-0.2, -0.15) is 4.31 Å². The Kier molecular flexibility index (Phi) is 6.46. The van der Waals surface area contributed by atoms with E-state index in [0.717, 1.165) is 24.1 Å². The number of hydrogen-bond acceptors (Lipinski definition) is 5. The number of nitrogens with one attached hydrogen (secondary N) is 1. The largest absolute Gasteiger partial charge is 0.326 e. The Bertz CT molecular complexity index is 1310. The number of sulfonamides is 1. The molecule has 1 aliphatic carbocycles. The molecule has 5 rings (SSSR count). The van der Waals surface area contributed by atoms with E-state index in [2.05, 4.69) is 5.32 Å². The van der Waals surface area contributed by atoms with Gasteiger partial charge >= 0.3 is 0 Å². The Labute approximate surface area is 211 Å². The lowest BCUT2D eigenvalue weighted by Crippen LogP contribution is -2.41. The molecule has 0 radical (unpaired) electrons. The summed E-state index contributed by atoms with van der Waals surface area (Å²) < 4.78 is 28.2. The molecular formula is C27H31N3O5S. The zero-order chi connectivity index (χ0) is 25.6. The Morgan fingerprint density at radius 2 is 1.58 bits per heavy atom. The predicted molar refractivity (Wildman–Crippen MR) is 136 cm³/mol. The number of rotatable bonds is 6. The zero-order valence-electron chi connectivity index (χ0n) is 20.6. The van der Waals surface area contributed by atoms with Crippen molar-refractivity contribution in [1.82, 2.24) is 4.31 Å². The van der Waals surface area contributed by atoms with Gasteiger partial charge in [0.15, 0.2) is 5.78 Å². The molecule has 0 bridgehead atoms. The van der Waals surface area contributed by atoms with E-state index in [-0.39, 0.29) is 53.5 Å². The highest BCUT2D eigenvalue weighted by molar-refractivity contribution is 7.89. The zero-order valence-corrected chi connectivity index (χ0v) is 21.4. The summed E-state index contributed by atoms with van der Waals surface area (Å²) in [6.45, 7) is 4.03. The van der Waals surface area contributed by atoms with E-state index in [1.165, 1.54) is 11.2 Å². The molecule has 1 saturated heterocycles. The van der Waals surface area contributed by atoms with E-state index in [1.54, 1.807) is 42.5 Å². The van der Waals surface area contributed by atoms with Crippen LogP contribution in [0.3, 0.4) is 0 Å². The van der Waals surface area contributed by atoms with E-state index < -0.39 is 10.0 Å². The van der Waals surface area contributed by atoms with Crippen LogP contribution in [0.5, 0.6) is 0 Å². The van der Waals surface area contributed by atoms with Crippen molar-refractivity contribution >= 4 is 39.0 Å². The summed E-state index contributed by atoms with van der Waals surface area (Å²) in [5.41, 5.74) is 2.91. The third-order valence-corrected chi connectivity index (χ3v) is 9.35. The van der Waals surface area contributed by atoms with Gasteiger partial charge in [0.05, 0.1) is 4.90 Å². The maximum absolute atomic E-state index is 13.4. The molecule has 1 saturated carbocycles. The minimum atomic E-state index is -3.70. The monoisotopic (exact) mass is 509 g/mol. The third kappa shape index (κ3) is 4.69. The van der Waals surface area contributed by atoms with Crippen molar-refractivity contribution in [2.45, 2.75) is 56.9 Å². The van der Waals surface area contributed by atoms with Gasteiger partial charge in [0.1, 0.15) is 0 Å². The first-order valence-electron chi connectivity index (χ1n) is 12.5. The maximum atomic E-state index is 13.4. The Balaban J connectivity index is 1.22. The molecule has 2 aromatic carbocycles. The SMILES string of the molecule is CC(=O)c1ccc(NC(=O)C2CCN(S(=O)(=O)c3ccc4c(c3)C[C@@H](C)N4C(=O)C3CC3)CC2)cc1. The molecule has 190 valence electrons. The number of carbonyl (C=O) groups is 3. The van der Waals surface area contributed by atoms with Crippen LogP contribution in [0.2, 0.25) is 0 Å². The lowest BCUT2D eigenvalue weighted by atomic mass is 9.97. The number of fused-ring (bicyclic) bond motifs is 1. The number of carbonyl (C=O) groups excluding carboxylic acids is 3. The van der Waals surface area contributed by atoms with Gasteiger partial charge in [0.25, 0.3) is 0 Å². The van der Waals surface area contributed by atoms with E-state index in [9.17, 15) is 22.8 Å². The summed E-state index contributed by atoms with van der Waals surface area (Å²) in [5.74, 6) is -0.211. The number of amides is 2. The Morgan fingerprint density at radius 1 is 0.917 bits per heavy atom. The standard InChI is InChI=1S/C27H31N3O5S/c1-17-15-22-16-24(9-10-25(22)30(17)27(33)21-3-4-21)36(34,35)29-13-11-20(12-14-29)26(32)28-23-7-5-19(6-8-23)18(2)31/h5-10,16-17,20-21H,3-4,11-15H2,1-2H3,(H,28,32)/t17-/m1/s1. The smallest absolute Gasteiger partial charge is 0.243 e. The number of anilines is 2. The third-order valence-electron chi connectivity index (χ3n) is 7.45. The molecule has 1 atom stereocenters. The van der Waals surface area contributed by atoms with Gasteiger partial charge in [-0.1, -0.05) is 0 Å². The summed E-state index contributed by atoms with van der Waals surface area (Å²) in [7, 11) is -3.70. The summed E-state index contributed by atoms with van der Waals surface area (Å²) in [6, 6.07) is 11.8.